The highest BCUT2D eigenvalue weighted by molar-refractivity contribution is 6.76. The monoisotopic (exact) mass is 357 g/mol. The smallest absolute Gasteiger partial charge is 0.419 e. The average Bonchev–Trinajstić information content (AvgIpc) is 2.35. The fraction of sp³-hybridized carbons (Fsp3) is 0.750. The van der Waals surface area contributed by atoms with Gasteiger partial charge in [0.2, 0.25) is 0 Å². The van der Waals surface area contributed by atoms with Crippen LogP contribution in [0, 0.1) is 5.92 Å². The average molecular weight is 359 g/mol. The summed E-state index contributed by atoms with van der Waals surface area (Å²) in [6.07, 6.45) is 0.992. The van der Waals surface area contributed by atoms with Crippen LogP contribution in [0.5, 0.6) is 0 Å². The third-order valence-electron chi connectivity index (χ3n) is 2.52. The number of esters is 1. The second-order valence-corrected chi connectivity index (χ2v) is 6.98. The van der Waals surface area contributed by atoms with E-state index in [4.69, 9.17) is 45.1 Å². The number of hydrogen-bond acceptors (Lipinski definition) is 3. The summed E-state index contributed by atoms with van der Waals surface area (Å²) >= 11 is 16.4. The zero-order valence-corrected chi connectivity index (χ0v) is 14.3. The minimum Gasteiger partial charge on any atom is -0.457 e. The van der Waals surface area contributed by atoms with Crippen LogP contribution < -0.4 is 5.32 Å². The lowest BCUT2D eigenvalue weighted by molar-refractivity contribution is -0.140. The number of carbonyl (C=O) groups is 2. The summed E-state index contributed by atoms with van der Waals surface area (Å²) in [4.78, 5) is 26.4. The molecule has 0 aliphatic carbocycles. The van der Waals surface area contributed by atoms with Crippen LogP contribution in [0.3, 0.4) is 0 Å². The van der Waals surface area contributed by atoms with Gasteiger partial charge in [-0.3, -0.25) is 4.79 Å². The number of hydrogen-bond donors (Lipinski definition) is 1. The first-order valence-electron chi connectivity index (χ1n) is 6.40. The van der Waals surface area contributed by atoms with Crippen molar-refractivity contribution in [2.24, 2.45) is 5.92 Å². The van der Waals surface area contributed by atoms with Crippen molar-refractivity contribution in [2.45, 2.75) is 43.4 Å². The summed E-state index contributed by atoms with van der Waals surface area (Å²) in [6, 6.07) is -0.903. The van der Waals surface area contributed by atoms with Crippen molar-refractivity contribution in [3.8, 4) is 0 Å². The van der Waals surface area contributed by atoms with E-state index in [9.17, 15) is 9.59 Å². The van der Waals surface area contributed by atoms with Gasteiger partial charge in [-0.05, 0) is 25.7 Å². The molecule has 0 saturated heterocycles. The van der Waals surface area contributed by atoms with Crippen LogP contribution in [0.15, 0.2) is 0 Å². The first kappa shape index (κ1) is 20.2. The fourth-order valence-electron chi connectivity index (χ4n) is 1.48. The van der Waals surface area contributed by atoms with Gasteiger partial charge in [0, 0.05) is 0 Å². The highest BCUT2D eigenvalue weighted by atomic mass is 35.6. The van der Waals surface area contributed by atoms with Crippen LogP contribution in [0.1, 0.15) is 33.6 Å². The molecule has 1 unspecified atom stereocenters. The molecule has 1 N–H and O–H groups in total. The van der Waals surface area contributed by atoms with Gasteiger partial charge in [0.25, 0.3) is 9.70 Å². The summed E-state index contributed by atoms with van der Waals surface area (Å²) in [6.45, 7) is 5.64. The fourth-order valence-corrected chi connectivity index (χ4v) is 1.64. The molecule has 120 valence electrons. The number of halogens is 3. The molecular weight excluding hydrogens is 341 g/mol. The molecule has 0 heterocycles. The molecule has 0 aromatic rings. The topological polar surface area (TPSA) is 91.8 Å². The van der Waals surface area contributed by atoms with Gasteiger partial charge in [-0.15, -0.1) is 0 Å². The summed E-state index contributed by atoms with van der Waals surface area (Å²) in [7, 11) is 0. The molecule has 0 aliphatic heterocycles. The zero-order valence-electron chi connectivity index (χ0n) is 12.0. The second-order valence-electron chi connectivity index (χ2n) is 4.70. The predicted octanol–water partition coefficient (Wildman–Crippen LogP) is 2.51. The molecule has 6 nitrogen and oxygen atoms in total. The van der Waals surface area contributed by atoms with E-state index in [1.54, 1.807) is 6.92 Å². The van der Waals surface area contributed by atoms with Gasteiger partial charge in [0.15, 0.2) is 0 Å². The zero-order chi connectivity index (χ0) is 16.6. The van der Waals surface area contributed by atoms with Crippen molar-refractivity contribution in [1.82, 2.24) is 5.32 Å². The maximum atomic E-state index is 11.7. The van der Waals surface area contributed by atoms with E-state index in [0.29, 0.717) is 18.8 Å². The van der Waals surface area contributed by atoms with E-state index in [-0.39, 0.29) is 12.3 Å². The van der Waals surface area contributed by atoms with Crippen LogP contribution >= 0.6 is 34.8 Å². The van der Waals surface area contributed by atoms with Crippen molar-refractivity contribution >= 4 is 52.4 Å². The molecule has 0 spiro atoms. The second kappa shape index (κ2) is 9.26. The summed E-state index contributed by atoms with van der Waals surface area (Å²) in [5.74, 6) is -1.44. The van der Waals surface area contributed by atoms with Gasteiger partial charge < -0.3 is 15.6 Å². The van der Waals surface area contributed by atoms with Gasteiger partial charge in [-0.2, -0.15) is 4.79 Å². The number of amides is 1. The van der Waals surface area contributed by atoms with Crippen LogP contribution in [-0.2, 0) is 14.3 Å². The van der Waals surface area contributed by atoms with Crippen molar-refractivity contribution < 1.29 is 19.1 Å². The van der Waals surface area contributed by atoms with Crippen LogP contribution in [0.4, 0.5) is 0 Å². The molecule has 0 rings (SSSR count). The lowest BCUT2D eigenvalue weighted by Gasteiger charge is -2.18. The van der Waals surface area contributed by atoms with Gasteiger partial charge in [-0.1, -0.05) is 48.7 Å². The molecule has 0 radical (unpaired) electrons. The van der Waals surface area contributed by atoms with E-state index in [1.807, 2.05) is 13.8 Å². The minimum absolute atomic E-state index is 0.104. The number of ether oxygens (including phenoxy) is 1. The molecule has 0 saturated carbocycles. The molecule has 1 atom stereocenters. The number of nitrogens with one attached hydrogen (secondary N) is 1. The van der Waals surface area contributed by atoms with Gasteiger partial charge in [0.05, 0.1) is 6.61 Å². The Bertz CT molecular complexity index is 429. The van der Waals surface area contributed by atoms with Gasteiger partial charge >= 0.3 is 11.7 Å². The predicted molar refractivity (Wildman–Crippen MR) is 81.6 cm³/mol. The van der Waals surface area contributed by atoms with E-state index in [2.05, 4.69) is 10.1 Å². The Morgan fingerprint density at radius 1 is 1.29 bits per heavy atom. The molecular formula is C12H18Cl3N3O3. The van der Waals surface area contributed by atoms with E-state index < -0.39 is 21.7 Å². The summed E-state index contributed by atoms with van der Waals surface area (Å²) in [5.41, 5.74) is 8.68. The van der Waals surface area contributed by atoms with Gasteiger partial charge in [-0.25, -0.2) is 4.79 Å². The summed E-state index contributed by atoms with van der Waals surface area (Å²) < 4.78 is 2.59. The quantitative estimate of drug-likeness (QED) is 0.249. The molecule has 9 heteroatoms. The molecule has 0 fully saturated rings. The number of rotatable bonds is 7. The molecule has 21 heavy (non-hydrogen) atoms. The lowest BCUT2D eigenvalue weighted by atomic mass is 10.00. The van der Waals surface area contributed by atoms with Crippen LogP contribution in [0.2, 0.25) is 0 Å². The van der Waals surface area contributed by atoms with Crippen molar-refractivity contribution in [3.63, 3.8) is 0 Å². The Morgan fingerprint density at radius 3 is 2.24 bits per heavy atom. The van der Waals surface area contributed by atoms with Gasteiger partial charge in [0.1, 0.15) is 6.04 Å². The SMILES string of the molecule is CCOC(=O)C(=[N+]=[N-])C(CCC(C)C)NC(=O)C(Cl)(Cl)Cl. The normalized spacial score (nSPS) is 12.5. The molecule has 0 aliphatic rings. The first-order chi connectivity index (χ1) is 9.63. The largest absolute Gasteiger partial charge is 0.457 e. The Hall–Kier alpha value is -0.810. The van der Waals surface area contributed by atoms with Crippen LogP contribution in [0.25, 0.3) is 5.53 Å². The number of alkyl halides is 3. The Morgan fingerprint density at radius 2 is 1.86 bits per heavy atom. The lowest BCUT2D eigenvalue weighted by Crippen LogP contribution is -2.48. The highest BCUT2D eigenvalue weighted by Gasteiger charge is 2.38. The van der Waals surface area contributed by atoms with Crippen molar-refractivity contribution in [3.05, 3.63) is 5.53 Å². The third kappa shape index (κ3) is 7.67. The van der Waals surface area contributed by atoms with E-state index in [0.717, 1.165) is 0 Å². The maximum absolute atomic E-state index is 11.7. The Labute approximate surface area is 138 Å². The summed E-state index contributed by atoms with van der Waals surface area (Å²) in [5, 5.41) is 2.38. The number of carbonyl (C=O) groups excluding carboxylic acids is 2. The molecule has 1 amide bonds. The molecule has 0 aromatic heterocycles. The van der Waals surface area contributed by atoms with E-state index >= 15 is 0 Å². The molecule has 0 bridgehead atoms. The number of nitrogens with zero attached hydrogens (tertiary/aromatic N) is 2. The first-order valence-corrected chi connectivity index (χ1v) is 7.53. The maximum Gasteiger partial charge on any atom is 0.419 e. The van der Waals surface area contributed by atoms with Crippen molar-refractivity contribution in [2.75, 3.05) is 6.61 Å². The van der Waals surface area contributed by atoms with Crippen molar-refractivity contribution in [1.29, 1.82) is 0 Å². The third-order valence-corrected chi connectivity index (χ3v) is 3.03. The Balaban J connectivity index is 5.16. The highest BCUT2D eigenvalue weighted by Crippen LogP contribution is 2.26. The standard InChI is InChI=1S/C12H18Cl3N3O3/c1-4-21-10(19)9(18-16)8(6-5-7(2)3)17-11(20)12(13,14)15/h7-8H,4-6H2,1-3H3,(H,17,20). The van der Waals surface area contributed by atoms with Crippen LogP contribution in [-0.4, -0.2) is 38.8 Å². The minimum atomic E-state index is -2.18. The van der Waals surface area contributed by atoms with E-state index in [1.165, 1.54) is 0 Å². The molecule has 0 aromatic carbocycles. The Kier molecular flexibility index (Phi) is 8.90.